The Morgan fingerprint density at radius 3 is 2.80 bits per heavy atom. The molecule has 0 radical (unpaired) electrons. The Kier molecular flexibility index (Phi) is 2.97. The minimum absolute atomic E-state index is 0.200. The lowest BCUT2D eigenvalue weighted by Crippen LogP contribution is -2.07. The van der Waals surface area contributed by atoms with Crippen LogP contribution >= 0.6 is 11.3 Å². The van der Waals surface area contributed by atoms with Gasteiger partial charge < -0.3 is 5.32 Å². The molecule has 15 heavy (non-hydrogen) atoms. The maximum Gasteiger partial charge on any atom is 0.126 e. The van der Waals surface area contributed by atoms with Gasteiger partial charge in [0.2, 0.25) is 0 Å². The van der Waals surface area contributed by atoms with Gasteiger partial charge >= 0.3 is 0 Å². The van der Waals surface area contributed by atoms with E-state index < -0.39 is 0 Å². The van der Waals surface area contributed by atoms with Gasteiger partial charge in [-0.15, -0.1) is 11.3 Å². The molecule has 2 rings (SSSR count). The number of nitrogens with one attached hydrogen (secondary N) is 1. The van der Waals surface area contributed by atoms with Crippen molar-refractivity contribution in [1.29, 1.82) is 0 Å². The first kappa shape index (κ1) is 10.1. The summed E-state index contributed by atoms with van der Waals surface area (Å²) in [7, 11) is 0. The molecule has 4 heteroatoms. The fraction of sp³-hybridized carbons (Fsp3) is 0.273. The molecule has 0 amide bonds. The average molecular weight is 219 g/mol. The van der Waals surface area contributed by atoms with Crippen molar-refractivity contribution in [3.05, 3.63) is 40.5 Å². The summed E-state index contributed by atoms with van der Waals surface area (Å²) in [5.74, 6) is 0.890. The number of thiazole rings is 1. The Morgan fingerprint density at radius 1 is 1.33 bits per heavy atom. The molecule has 1 N–H and O–H groups in total. The number of nitrogens with zero attached hydrogens (tertiary/aromatic N) is 2. The van der Waals surface area contributed by atoms with Gasteiger partial charge in [-0.3, -0.25) is 0 Å². The van der Waals surface area contributed by atoms with E-state index in [2.05, 4.69) is 22.2 Å². The normalized spacial score (nSPS) is 12.4. The second kappa shape index (κ2) is 4.40. The van der Waals surface area contributed by atoms with E-state index in [0.29, 0.717) is 0 Å². The topological polar surface area (TPSA) is 37.8 Å². The van der Waals surface area contributed by atoms with E-state index in [1.807, 2.05) is 36.1 Å². The molecule has 0 spiro atoms. The van der Waals surface area contributed by atoms with Gasteiger partial charge in [-0.05, 0) is 25.5 Å². The number of hydrogen-bond donors (Lipinski definition) is 1. The number of aromatic nitrogens is 2. The summed E-state index contributed by atoms with van der Waals surface area (Å²) in [6.45, 7) is 4.11. The summed E-state index contributed by atoms with van der Waals surface area (Å²) in [4.78, 5) is 8.55. The Bertz CT molecular complexity index is 408. The second-order valence-corrected chi connectivity index (χ2v) is 4.22. The lowest BCUT2D eigenvalue weighted by Gasteiger charge is -2.11. The predicted octanol–water partition coefficient (Wildman–Crippen LogP) is 3.02. The lowest BCUT2D eigenvalue weighted by molar-refractivity contribution is 0.842. The zero-order chi connectivity index (χ0) is 10.7. The van der Waals surface area contributed by atoms with Crippen molar-refractivity contribution in [3.8, 4) is 0 Å². The number of rotatable bonds is 3. The maximum atomic E-state index is 4.29. The molecule has 0 aliphatic heterocycles. The van der Waals surface area contributed by atoms with Gasteiger partial charge in [-0.1, -0.05) is 6.07 Å². The van der Waals surface area contributed by atoms with E-state index in [1.165, 1.54) is 5.56 Å². The monoisotopic (exact) mass is 219 g/mol. The fourth-order valence-corrected chi connectivity index (χ4v) is 1.93. The van der Waals surface area contributed by atoms with Crippen LogP contribution in [0.25, 0.3) is 0 Å². The van der Waals surface area contributed by atoms with Crippen LogP contribution in [0.15, 0.2) is 29.2 Å². The molecule has 78 valence electrons. The van der Waals surface area contributed by atoms with Crippen LogP contribution in [0, 0.1) is 6.92 Å². The minimum Gasteiger partial charge on any atom is -0.362 e. The van der Waals surface area contributed by atoms with Crippen LogP contribution in [0.1, 0.15) is 24.2 Å². The zero-order valence-electron chi connectivity index (χ0n) is 8.77. The van der Waals surface area contributed by atoms with Crippen LogP contribution in [0.2, 0.25) is 0 Å². The maximum absolute atomic E-state index is 4.29. The van der Waals surface area contributed by atoms with Gasteiger partial charge in [0.1, 0.15) is 5.82 Å². The van der Waals surface area contributed by atoms with Crippen molar-refractivity contribution >= 4 is 17.2 Å². The Hall–Kier alpha value is -1.42. The number of aryl methyl sites for hydroxylation is 1. The van der Waals surface area contributed by atoms with Gasteiger partial charge in [0.15, 0.2) is 0 Å². The van der Waals surface area contributed by atoms with Gasteiger partial charge in [0, 0.05) is 11.6 Å². The van der Waals surface area contributed by atoms with Crippen LogP contribution < -0.4 is 5.32 Å². The van der Waals surface area contributed by atoms with E-state index in [4.69, 9.17) is 0 Å². The van der Waals surface area contributed by atoms with Crippen molar-refractivity contribution < 1.29 is 0 Å². The smallest absolute Gasteiger partial charge is 0.126 e. The summed E-state index contributed by atoms with van der Waals surface area (Å²) in [5.41, 5.74) is 4.07. The molecule has 0 fully saturated rings. The molecule has 0 bridgehead atoms. The summed E-state index contributed by atoms with van der Waals surface area (Å²) in [5, 5.41) is 5.35. The molecule has 0 aromatic carbocycles. The van der Waals surface area contributed by atoms with Gasteiger partial charge in [0.25, 0.3) is 0 Å². The molecule has 2 aromatic heterocycles. The lowest BCUT2D eigenvalue weighted by atomic mass is 10.2. The predicted molar refractivity (Wildman–Crippen MR) is 63.1 cm³/mol. The largest absolute Gasteiger partial charge is 0.362 e. The first-order valence-electron chi connectivity index (χ1n) is 4.83. The van der Waals surface area contributed by atoms with E-state index in [9.17, 15) is 0 Å². The first-order chi connectivity index (χ1) is 7.25. The third-order valence-electron chi connectivity index (χ3n) is 2.17. The highest BCUT2D eigenvalue weighted by Crippen LogP contribution is 2.17. The molecule has 0 aliphatic carbocycles. The van der Waals surface area contributed by atoms with E-state index in [0.717, 1.165) is 11.5 Å². The molecule has 1 atom stereocenters. The van der Waals surface area contributed by atoms with Crippen molar-refractivity contribution in [2.24, 2.45) is 0 Å². The van der Waals surface area contributed by atoms with E-state index in [1.54, 1.807) is 11.3 Å². The summed E-state index contributed by atoms with van der Waals surface area (Å²) >= 11 is 1.61. The number of hydrogen-bond acceptors (Lipinski definition) is 4. The highest BCUT2D eigenvalue weighted by atomic mass is 32.1. The fourth-order valence-electron chi connectivity index (χ4n) is 1.28. The Balaban J connectivity index is 2.06. The summed E-state index contributed by atoms with van der Waals surface area (Å²) in [6.07, 6.45) is 1.86. The third-order valence-corrected chi connectivity index (χ3v) is 2.78. The second-order valence-electron chi connectivity index (χ2n) is 3.50. The van der Waals surface area contributed by atoms with Crippen molar-refractivity contribution in [3.63, 3.8) is 0 Å². The average Bonchev–Trinajstić information content (AvgIpc) is 2.74. The SMILES string of the molecule is Cc1ccc(NC(C)c2cscn2)nc1. The Labute approximate surface area is 93.2 Å². The van der Waals surface area contributed by atoms with Crippen LogP contribution in [0.5, 0.6) is 0 Å². The zero-order valence-corrected chi connectivity index (χ0v) is 9.58. The molecule has 2 aromatic rings. The van der Waals surface area contributed by atoms with Gasteiger partial charge in [-0.2, -0.15) is 0 Å². The molecule has 0 saturated heterocycles. The quantitative estimate of drug-likeness (QED) is 0.862. The summed E-state index contributed by atoms with van der Waals surface area (Å²) < 4.78 is 0. The van der Waals surface area contributed by atoms with E-state index in [-0.39, 0.29) is 6.04 Å². The van der Waals surface area contributed by atoms with Crippen molar-refractivity contribution in [1.82, 2.24) is 9.97 Å². The standard InChI is InChI=1S/C11H13N3S/c1-8-3-4-11(12-5-8)14-9(2)10-6-15-7-13-10/h3-7,9H,1-2H3,(H,12,14). The molecular formula is C11H13N3S. The van der Waals surface area contributed by atoms with Crippen LogP contribution in [0.4, 0.5) is 5.82 Å². The Morgan fingerprint density at radius 2 is 2.20 bits per heavy atom. The third kappa shape index (κ3) is 2.53. The molecule has 2 heterocycles. The van der Waals surface area contributed by atoms with Crippen molar-refractivity contribution in [2.75, 3.05) is 5.32 Å². The molecule has 1 unspecified atom stereocenters. The highest BCUT2D eigenvalue weighted by molar-refractivity contribution is 7.07. The van der Waals surface area contributed by atoms with Gasteiger partial charge in [0.05, 0.1) is 17.2 Å². The molecule has 0 aliphatic rings. The van der Waals surface area contributed by atoms with Crippen LogP contribution in [-0.4, -0.2) is 9.97 Å². The molecule has 3 nitrogen and oxygen atoms in total. The van der Waals surface area contributed by atoms with Gasteiger partial charge in [-0.25, -0.2) is 9.97 Å². The van der Waals surface area contributed by atoms with E-state index >= 15 is 0 Å². The highest BCUT2D eigenvalue weighted by Gasteiger charge is 2.06. The molecule has 0 saturated carbocycles. The number of pyridine rings is 1. The van der Waals surface area contributed by atoms with Crippen LogP contribution in [-0.2, 0) is 0 Å². The molecular weight excluding hydrogens is 206 g/mol. The van der Waals surface area contributed by atoms with Crippen LogP contribution in [0.3, 0.4) is 0 Å². The summed E-state index contributed by atoms with van der Waals surface area (Å²) in [6, 6.07) is 4.23. The minimum atomic E-state index is 0.200. The van der Waals surface area contributed by atoms with Crippen molar-refractivity contribution in [2.45, 2.75) is 19.9 Å². The first-order valence-corrected chi connectivity index (χ1v) is 5.77. The number of anilines is 1.